The highest BCUT2D eigenvalue weighted by atomic mass is 16.5. The van der Waals surface area contributed by atoms with E-state index < -0.39 is 17.7 Å². The predicted octanol–water partition coefficient (Wildman–Crippen LogP) is 1.06. The minimum absolute atomic E-state index is 0.0214. The molecule has 3 rings (SSSR count). The van der Waals surface area contributed by atoms with Gasteiger partial charge in [0.25, 0.3) is 11.7 Å². The topological polar surface area (TPSA) is 93.4 Å². The molecule has 0 saturated carbocycles. The largest absolute Gasteiger partial charge is 0.507 e. The number of likely N-dealkylation sites (tertiary alicyclic amines) is 1. The number of methoxy groups -OCH3 is 2. The maximum atomic E-state index is 13.0. The molecule has 0 aliphatic carbocycles. The average Bonchev–Trinajstić information content (AvgIpc) is 3.03. The molecule has 0 unspecified atom stereocenters. The number of nitrogens with one attached hydrogen (secondary N) is 1. The van der Waals surface area contributed by atoms with Crippen molar-refractivity contribution in [3.8, 4) is 11.5 Å². The lowest BCUT2D eigenvalue weighted by Gasteiger charge is -2.24. The Kier molecular flexibility index (Phi) is 6.91. The van der Waals surface area contributed by atoms with Crippen LogP contribution in [-0.2, 0) is 9.59 Å². The Bertz CT molecular complexity index is 988. The van der Waals surface area contributed by atoms with Crippen LogP contribution < -0.4 is 14.4 Å². The summed E-state index contributed by atoms with van der Waals surface area (Å²) in [5.41, 5.74) is 0.906. The summed E-state index contributed by atoms with van der Waals surface area (Å²) < 4.78 is 10.6. The maximum absolute atomic E-state index is 13.0. The average molecular weight is 426 g/mol. The van der Waals surface area contributed by atoms with Crippen molar-refractivity contribution in [3.05, 3.63) is 59.4 Å². The van der Waals surface area contributed by atoms with Crippen LogP contribution in [0.5, 0.6) is 11.5 Å². The van der Waals surface area contributed by atoms with Crippen LogP contribution in [0.4, 0.5) is 0 Å². The van der Waals surface area contributed by atoms with Crippen molar-refractivity contribution < 1.29 is 29.1 Å². The molecule has 1 saturated heterocycles. The molecule has 8 heteroatoms. The first-order valence-electron chi connectivity index (χ1n) is 10.1. The number of hydrogen-bond acceptors (Lipinski definition) is 6. The Hall–Kier alpha value is -3.39. The molecular formula is C23H28N3O5+. The highest BCUT2D eigenvalue weighted by Gasteiger charge is 2.46. The number of pyridine rings is 1. The van der Waals surface area contributed by atoms with Crippen molar-refractivity contribution in [2.75, 3.05) is 41.4 Å². The van der Waals surface area contributed by atoms with Gasteiger partial charge >= 0.3 is 0 Å². The Balaban J connectivity index is 2.09. The lowest BCUT2D eigenvalue weighted by Crippen LogP contribution is -3.05. The molecular weight excluding hydrogens is 398 g/mol. The lowest BCUT2D eigenvalue weighted by molar-refractivity contribution is -0.858. The summed E-state index contributed by atoms with van der Waals surface area (Å²) >= 11 is 0. The molecule has 1 aromatic carbocycles. The van der Waals surface area contributed by atoms with E-state index in [0.717, 1.165) is 13.0 Å². The number of ketones is 1. The Morgan fingerprint density at radius 1 is 1.13 bits per heavy atom. The molecule has 1 aliphatic rings. The molecule has 1 fully saturated rings. The van der Waals surface area contributed by atoms with E-state index in [2.05, 4.69) is 4.98 Å². The third-order valence-electron chi connectivity index (χ3n) is 5.24. The van der Waals surface area contributed by atoms with Gasteiger partial charge in [-0.15, -0.1) is 0 Å². The number of nitrogens with zero attached hydrogens (tertiary/aromatic N) is 2. The van der Waals surface area contributed by atoms with Crippen molar-refractivity contribution in [3.63, 3.8) is 0 Å². The molecule has 2 heterocycles. The number of hydrogen-bond donors (Lipinski definition) is 2. The van der Waals surface area contributed by atoms with E-state index in [1.807, 2.05) is 14.1 Å². The zero-order valence-electron chi connectivity index (χ0n) is 18.2. The number of aliphatic hydroxyl groups excluding tert-OH is 1. The van der Waals surface area contributed by atoms with Gasteiger partial charge in [-0.25, -0.2) is 0 Å². The summed E-state index contributed by atoms with van der Waals surface area (Å²) in [6, 6.07) is 9.39. The number of quaternary nitrogens is 1. The first-order chi connectivity index (χ1) is 14.9. The Labute approximate surface area is 181 Å². The number of rotatable bonds is 8. The number of carbonyl (C=O) groups is 2. The quantitative estimate of drug-likeness (QED) is 0.372. The molecule has 2 N–H and O–H groups in total. The van der Waals surface area contributed by atoms with Crippen molar-refractivity contribution in [1.82, 2.24) is 9.88 Å². The fraction of sp³-hybridized carbons (Fsp3) is 0.348. The SMILES string of the molecule is COc1ccc(C(O)=C2C(=O)C(=O)N(CCC[NH+](C)C)[C@H]2c2ccccn2)cc1OC. The third kappa shape index (κ3) is 4.54. The summed E-state index contributed by atoms with van der Waals surface area (Å²) in [4.78, 5) is 33.0. The highest BCUT2D eigenvalue weighted by Crippen LogP contribution is 2.39. The van der Waals surface area contributed by atoms with Gasteiger partial charge in [-0.3, -0.25) is 14.6 Å². The molecule has 0 spiro atoms. The second-order valence-corrected chi connectivity index (χ2v) is 7.63. The van der Waals surface area contributed by atoms with Crippen LogP contribution in [-0.4, -0.2) is 68.1 Å². The Morgan fingerprint density at radius 2 is 1.87 bits per heavy atom. The maximum Gasteiger partial charge on any atom is 0.295 e. The van der Waals surface area contributed by atoms with Gasteiger partial charge in [0.05, 0.1) is 46.1 Å². The molecule has 1 atom stereocenters. The second kappa shape index (κ2) is 9.61. The lowest BCUT2D eigenvalue weighted by atomic mass is 9.98. The number of aliphatic hydroxyl groups is 1. The van der Waals surface area contributed by atoms with Gasteiger partial charge in [0.2, 0.25) is 0 Å². The van der Waals surface area contributed by atoms with E-state index in [0.29, 0.717) is 29.3 Å². The van der Waals surface area contributed by atoms with Gasteiger partial charge in [-0.05, 0) is 30.3 Å². The molecule has 31 heavy (non-hydrogen) atoms. The highest BCUT2D eigenvalue weighted by molar-refractivity contribution is 6.46. The molecule has 1 amide bonds. The van der Waals surface area contributed by atoms with Gasteiger partial charge in [0.15, 0.2) is 11.5 Å². The molecule has 0 radical (unpaired) electrons. The van der Waals surface area contributed by atoms with Crippen molar-refractivity contribution in [2.45, 2.75) is 12.5 Å². The predicted molar refractivity (Wildman–Crippen MR) is 115 cm³/mol. The van der Waals surface area contributed by atoms with Crippen LogP contribution in [0.15, 0.2) is 48.2 Å². The van der Waals surface area contributed by atoms with E-state index in [1.54, 1.807) is 42.6 Å². The van der Waals surface area contributed by atoms with Gasteiger partial charge < -0.3 is 24.4 Å². The zero-order chi connectivity index (χ0) is 22.5. The molecule has 0 bridgehead atoms. The first kappa shape index (κ1) is 22.3. The van der Waals surface area contributed by atoms with Gasteiger partial charge in [-0.1, -0.05) is 6.07 Å². The van der Waals surface area contributed by atoms with E-state index >= 15 is 0 Å². The fourth-order valence-corrected chi connectivity index (χ4v) is 3.70. The van der Waals surface area contributed by atoms with Crippen LogP contribution in [0.3, 0.4) is 0 Å². The van der Waals surface area contributed by atoms with Crippen LogP contribution in [0, 0.1) is 0 Å². The summed E-state index contributed by atoms with van der Waals surface area (Å²) in [6.45, 7) is 1.23. The third-order valence-corrected chi connectivity index (χ3v) is 5.24. The molecule has 164 valence electrons. The van der Waals surface area contributed by atoms with Crippen molar-refractivity contribution in [1.29, 1.82) is 0 Å². The summed E-state index contributed by atoms with van der Waals surface area (Å²) in [5.74, 6) is -0.724. The van der Waals surface area contributed by atoms with Crippen LogP contribution in [0.2, 0.25) is 0 Å². The van der Waals surface area contributed by atoms with Gasteiger partial charge in [-0.2, -0.15) is 0 Å². The minimum atomic E-state index is -0.758. The number of benzene rings is 1. The van der Waals surface area contributed by atoms with Crippen LogP contribution >= 0.6 is 0 Å². The van der Waals surface area contributed by atoms with E-state index in [1.165, 1.54) is 24.0 Å². The van der Waals surface area contributed by atoms with E-state index in [-0.39, 0.29) is 11.3 Å². The number of amides is 1. The molecule has 2 aromatic rings. The summed E-state index contributed by atoms with van der Waals surface area (Å²) in [5, 5.41) is 11.1. The van der Waals surface area contributed by atoms with E-state index in [4.69, 9.17) is 9.47 Å². The number of ether oxygens (including phenoxy) is 2. The molecule has 1 aromatic heterocycles. The van der Waals surface area contributed by atoms with Crippen molar-refractivity contribution in [2.24, 2.45) is 0 Å². The normalized spacial score (nSPS) is 18.0. The van der Waals surface area contributed by atoms with Gasteiger partial charge in [0.1, 0.15) is 11.8 Å². The monoisotopic (exact) mass is 426 g/mol. The smallest absolute Gasteiger partial charge is 0.295 e. The minimum Gasteiger partial charge on any atom is -0.507 e. The second-order valence-electron chi connectivity index (χ2n) is 7.63. The van der Waals surface area contributed by atoms with Crippen LogP contribution in [0.25, 0.3) is 5.76 Å². The van der Waals surface area contributed by atoms with Crippen molar-refractivity contribution >= 4 is 17.4 Å². The first-order valence-corrected chi connectivity index (χ1v) is 10.1. The van der Waals surface area contributed by atoms with Crippen LogP contribution in [0.1, 0.15) is 23.7 Å². The number of Topliss-reactive ketones (excluding diaryl/α,β-unsaturated/α-hetero) is 1. The fourth-order valence-electron chi connectivity index (χ4n) is 3.70. The molecule has 1 aliphatic heterocycles. The Morgan fingerprint density at radius 3 is 2.48 bits per heavy atom. The summed E-state index contributed by atoms with van der Waals surface area (Å²) in [6.07, 6.45) is 2.32. The molecule has 8 nitrogen and oxygen atoms in total. The van der Waals surface area contributed by atoms with Gasteiger partial charge in [0, 0.05) is 24.7 Å². The standard InChI is InChI=1S/C23H27N3O5/c1-25(2)12-7-13-26-20(16-8-5-6-11-24-16)19(22(28)23(26)29)21(27)15-9-10-17(30-3)18(14-15)31-4/h5-6,8-11,14,20,27H,7,12-13H2,1-4H3/p+1/t20-/m0/s1. The zero-order valence-corrected chi connectivity index (χ0v) is 18.2. The summed E-state index contributed by atoms with van der Waals surface area (Å²) in [7, 11) is 7.06. The number of aromatic nitrogens is 1. The number of carbonyl (C=O) groups excluding carboxylic acids is 2. The van der Waals surface area contributed by atoms with E-state index in [9.17, 15) is 14.7 Å².